The predicted octanol–water partition coefficient (Wildman–Crippen LogP) is 4.71. The molecule has 2 aromatic carbocycles. The molecule has 0 saturated carbocycles. The van der Waals surface area contributed by atoms with Crippen molar-refractivity contribution in [2.24, 2.45) is 0 Å². The number of ketones is 1. The monoisotopic (exact) mass is 330 g/mol. The van der Waals surface area contributed by atoms with Gasteiger partial charge in [-0.1, -0.05) is 47.5 Å². The van der Waals surface area contributed by atoms with Crippen LogP contribution in [0.4, 0.5) is 0 Å². The van der Waals surface area contributed by atoms with Crippen LogP contribution < -0.4 is 0 Å². The van der Waals surface area contributed by atoms with Crippen molar-refractivity contribution in [3.63, 3.8) is 0 Å². The molecule has 0 bridgehead atoms. The van der Waals surface area contributed by atoms with Crippen molar-refractivity contribution >= 4 is 5.78 Å². The number of aryl methyl sites for hydroxylation is 3. The first-order valence-electron chi connectivity index (χ1n) is 8.78. The summed E-state index contributed by atoms with van der Waals surface area (Å²) in [6, 6.07) is 16.9. The van der Waals surface area contributed by atoms with Crippen molar-refractivity contribution in [1.82, 2.24) is 9.78 Å². The second-order valence-corrected chi connectivity index (χ2v) is 7.09. The van der Waals surface area contributed by atoms with Crippen LogP contribution in [0.2, 0.25) is 0 Å². The van der Waals surface area contributed by atoms with Crippen LogP contribution in [0, 0.1) is 20.8 Å². The average molecular weight is 330 g/mol. The summed E-state index contributed by atoms with van der Waals surface area (Å²) in [5, 5.41) is 4.68. The van der Waals surface area contributed by atoms with E-state index in [1.54, 1.807) is 0 Å². The van der Waals surface area contributed by atoms with Crippen molar-refractivity contribution in [2.45, 2.75) is 39.5 Å². The van der Waals surface area contributed by atoms with Gasteiger partial charge in [0.1, 0.15) is 0 Å². The first-order valence-corrected chi connectivity index (χ1v) is 8.78. The summed E-state index contributed by atoms with van der Waals surface area (Å²) >= 11 is 0. The van der Waals surface area contributed by atoms with Gasteiger partial charge in [-0.15, -0.1) is 0 Å². The molecule has 1 aliphatic rings. The van der Waals surface area contributed by atoms with Gasteiger partial charge in [0, 0.05) is 6.42 Å². The van der Waals surface area contributed by atoms with E-state index in [0.717, 1.165) is 29.1 Å². The zero-order chi connectivity index (χ0) is 17.6. The van der Waals surface area contributed by atoms with Gasteiger partial charge in [0.25, 0.3) is 0 Å². The number of benzene rings is 2. The molecule has 4 rings (SSSR count). The molecule has 3 aromatic rings. The SMILES string of the molecule is Cc1ccc([C@H]2CC(=O)c3c(C)nn(-c4ccc(C)cc4)c3C2)cc1. The number of Topliss-reactive ketones (excluding diaryl/α,β-unsaturated/α-hetero) is 1. The largest absolute Gasteiger partial charge is 0.294 e. The normalized spacial score (nSPS) is 16.8. The highest BCUT2D eigenvalue weighted by molar-refractivity contribution is 6.00. The van der Waals surface area contributed by atoms with Crippen LogP contribution in [0.15, 0.2) is 48.5 Å². The van der Waals surface area contributed by atoms with E-state index in [4.69, 9.17) is 0 Å². The number of aromatic nitrogens is 2. The Hall–Kier alpha value is -2.68. The lowest BCUT2D eigenvalue weighted by molar-refractivity contribution is 0.0963. The number of nitrogens with zero attached hydrogens (tertiary/aromatic N) is 2. The molecule has 3 nitrogen and oxygen atoms in total. The Morgan fingerprint density at radius 3 is 2.12 bits per heavy atom. The van der Waals surface area contributed by atoms with E-state index in [9.17, 15) is 4.79 Å². The number of hydrogen-bond acceptors (Lipinski definition) is 2. The molecule has 0 saturated heterocycles. The Balaban J connectivity index is 1.78. The topological polar surface area (TPSA) is 34.9 Å². The third-order valence-corrected chi connectivity index (χ3v) is 5.13. The van der Waals surface area contributed by atoms with Crippen LogP contribution in [-0.4, -0.2) is 15.6 Å². The summed E-state index contributed by atoms with van der Waals surface area (Å²) in [4.78, 5) is 12.8. The fraction of sp³-hybridized carbons (Fsp3) is 0.273. The summed E-state index contributed by atoms with van der Waals surface area (Å²) in [6.45, 7) is 6.10. The van der Waals surface area contributed by atoms with Gasteiger partial charge in [0.15, 0.2) is 5.78 Å². The highest BCUT2D eigenvalue weighted by atomic mass is 16.1. The van der Waals surface area contributed by atoms with Crippen molar-refractivity contribution in [3.05, 3.63) is 82.2 Å². The lowest BCUT2D eigenvalue weighted by atomic mass is 9.81. The van der Waals surface area contributed by atoms with Gasteiger partial charge in [-0.25, -0.2) is 4.68 Å². The van der Waals surface area contributed by atoms with Crippen LogP contribution >= 0.6 is 0 Å². The summed E-state index contributed by atoms with van der Waals surface area (Å²) in [5.74, 6) is 0.434. The van der Waals surface area contributed by atoms with Crippen LogP contribution in [-0.2, 0) is 6.42 Å². The van der Waals surface area contributed by atoms with Crippen LogP contribution in [0.5, 0.6) is 0 Å². The van der Waals surface area contributed by atoms with E-state index in [-0.39, 0.29) is 11.7 Å². The smallest absolute Gasteiger partial charge is 0.167 e. The van der Waals surface area contributed by atoms with Gasteiger partial charge in [-0.05, 0) is 50.8 Å². The molecule has 0 radical (unpaired) electrons. The first kappa shape index (κ1) is 15.8. The molecular weight excluding hydrogens is 308 g/mol. The van der Waals surface area contributed by atoms with Crippen molar-refractivity contribution in [3.8, 4) is 5.69 Å². The van der Waals surface area contributed by atoms with Gasteiger partial charge in [0.2, 0.25) is 0 Å². The quantitative estimate of drug-likeness (QED) is 0.682. The highest BCUT2D eigenvalue weighted by Crippen LogP contribution is 2.35. The minimum absolute atomic E-state index is 0.211. The van der Waals surface area contributed by atoms with Crippen molar-refractivity contribution in [2.75, 3.05) is 0 Å². The molecule has 1 heterocycles. The van der Waals surface area contributed by atoms with Gasteiger partial charge in [-0.3, -0.25) is 4.79 Å². The molecule has 126 valence electrons. The van der Waals surface area contributed by atoms with E-state index < -0.39 is 0 Å². The third-order valence-electron chi connectivity index (χ3n) is 5.13. The first-order chi connectivity index (χ1) is 12.0. The molecule has 1 aliphatic carbocycles. The molecule has 3 heteroatoms. The maximum Gasteiger partial charge on any atom is 0.167 e. The molecule has 0 aliphatic heterocycles. The Kier molecular flexibility index (Phi) is 3.79. The third kappa shape index (κ3) is 2.80. The minimum atomic E-state index is 0.211. The second-order valence-electron chi connectivity index (χ2n) is 7.09. The minimum Gasteiger partial charge on any atom is -0.294 e. The zero-order valence-corrected chi connectivity index (χ0v) is 14.9. The van der Waals surface area contributed by atoms with Crippen molar-refractivity contribution < 1.29 is 4.79 Å². The Morgan fingerprint density at radius 2 is 1.48 bits per heavy atom. The lowest BCUT2D eigenvalue weighted by Gasteiger charge is -2.23. The van der Waals surface area contributed by atoms with Crippen LogP contribution in [0.25, 0.3) is 5.69 Å². The fourth-order valence-electron chi connectivity index (χ4n) is 3.73. The molecule has 0 spiro atoms. The molecule has 1 aromatic heterocycles. The van der Waals surface area contributed by atoms with E-state index in [2.05, 4.69) is 67.5 Å². The lowest BCUT2D eigenvalue weighted by Crippen LogP contribution is -2.20. The molecule has 0 N–H and O–H groups in total. The number of carbonyl (C=O) groups is 1. The molecular formula is C22H22N2O. The molecule has 0 fully saturated rings. The van der Waals surface area contributed by atoms with Gasteiger partial charge >= 0.3 is 0 Å². The number of carbonyl (C=O) groups excluding carboxylic acids is 1. The van der Waals surface area contributed by atoms with E-state index in [0.29, 0.717) is 6.42 Å². The average Bonchev–Trinajstić information content (AvgIpc) is 2.93. The standard InChI is InChI=1S/C22H22N2O/c1-14-4-8-17(9-5-14)18-12-20-22(21(25)13-18)16(3)23-24(20)19-10-6-15(2)7-11-19/h4-11,18H,12-13H2,1-3H3/t18-/m1/s1. The molecule has 25 heavy (non-hydrogen) atoms. The summed E-state index contributed by atoms with van der Waals surface area (Å²) in [7, 11) is 0. The maximum absolute atomic E-state index is 12.8. The van der Waals surface area contributed by atoms with Crippen LogP contribution in [0.1, 0.15) is 50.8 Å². The fourth-order valence-corrected chi connectivity index (χ4v) is 3.73. The summed E-state index contributed by atoms with van der Waals surface area (Å²) in [6.07, 6.45) is 1.41. The number of hydrogen-bond donors (Lipinski definition) is 0. The van der Waals surface area contributed by atoms with Crippen LogP contribution in [0.3, 0.4) is 0 Å². The molecule has 1 atom stereocenters. The maximum atomic E-state index is 12.8. The molecule has 0 amide bonds. The number of fused-ring (bicyclic) bond motifs is 1. The molecule has 0 unspecified atom stereocenters. The van der Waals surface area contributed by atoms with E-state index in [1.165, 1.54) is 16.7 Å². The predicted molar refractivity (Wildman–Crippen MR) is 99.6 cm³/mol. The Labute approximate surface area is 148 Å². The van der Waals surface area contributed by atoms with Gasteiger partial charge in [-0.2, -0.15) is 5.10 Å². The van der Waals surface area contributed by atoms with Gasteiger partial charge < -0.3 is 0 Å². The zero-order valence-electron chi connectivity index (χ0n) is 14.9. The summed E-state index contributed by atoms with van der Waals surface area (Å²) < 4.78 is 1.96. The van der Waals surface area contributed by atoms with E-state index in [1.807, 2.05) is 11.6 Å². The highest BCUT2D eigenvalue weighted by Gasteiger charge is 2.32. The van der Waals surface area contributed by atoms with E-state index >= 15 is 0 Å². The second kappa shape index (κ2) is 5.99. The Bertz CT molecular complexity index is 933. The van der Waals surface area contributed by atoms with Crippen molar-refractivity contribution in [1.29, 1.82) is 0 Å². The Morgan fingerprint density at radius 1 is 0.880 bits per heavy atom. The number of rotatable bonds is 2. The van der Waals surface area contributed by atoms with Gasteiger partial charge in [0.05, 0.1) is 22.6 Å². The summed E-state index contributed by atoms with van der Waals surface area (Å²) in [5.41, 5.74) is 7.42.